The Morgan fingerprint density at radius 1 is 1.27 bits per heavy atom. The normalized spacial score (nSPS) is 12.9. The van der Waals surface area contributed by atoms with Gasteiger partial charge in [-0.25, -0.2) is 0 Å². The van der Waals surface area contributed by atoms with Crippen molar-refractivity contribution in [2.45, 2.75) is 19.4 Å². The maximum Gasteiger partial charge on any atom is 0.0994 e. The average molecular weight is 201 g/mol. The van der Waals surface area contributed by atoms with Crippen molar-refractivity contribution in [3.63, 3.8) is 0 Å². The first-order valence-electron chi connectivity index (χ1n) is 5.23. The van der Waals surface area contributed by atoms with Crippen molar-refractivity contribution < 1.29 is 4.74 Å². The van der Waals surface area contributed by atoms with Gasteiger partial charge in [0.25, 0.3) is 0 Å². The predicted octanol–water partition coefficient (Wildman–Crippen LogP) is 3.33. The molecule has 2 rings (SSSR count). The fraction of sp³-hybridized carbons (Fsp3) is 0.308. The van der Waals surface area contributed by atoms with Crippen molar-refractivity contribution >= 4 is 10.8 Å². The molecule has 0 amide bonds. The summed E-state index contributed by atoms with van der Waals surface area (Å²) >= 11 is 0. The van der Waals surface area contributed by atoms with Crippen molar-refractivity contribution in [1.82, 2.24) is 4.98 Å². The summed E-state index contributed by atoms with van der Waals surface area (Å²) < 4.78 is 5.43. The third kappa shape index (κ3) is 1.85. The van der Waals surface area contributed by atoms with E-state index in [0.717, 1.165) is 12.1 Å². The van der Waals surface area contributed by atoms with Crippen LogP contribution in [0.4, 0.5) is 0 Å². The van der Waals surface area contributed by atoms with E-state index in [-0.39, 0.29) is 6.10 Å². The Morgan fingerprint density at radius 2 is 2.07 bits per heavy atom. The lowest BCUT2D eigenvalue weighted by Crippen LogP contribution is -2.03. The van der Waals surface area contributed by atoms with Crippen molar-refractivity contribution in [3.8, 4) is 0 Å². The number of hydrogen-bond acceptors (Lipinski definition) is 2. The molecule has 0 saturated heterocycles. The highest BCUT2D eigenvalue weighted by molar-refractivity contribution is 5.84. The highest BCUT2D eigenvalue weighted by Crippen LogP contribution is 2.25. The maximum atomic E-state index is 5.43. The summed E-state index contributed by atoms with van der Waals surface area (Å²) in [5.41, 5.74) is 1.04. The van der Waals surface area contributed by atoms with Gasteiger partial charge in [0.05, 0.1) is 11.8 Å². The molecule has 0 aliphatic carbocycles. The Hall–Kier alpha value is -1.41. The lowest BCUT2D eigenvalue weighted by Gasteiger charge is -2.14. The minimum atomic E-state index is 0.0936. The molecule has 0 radical (unpaired) electrons. The summed E-state index contributed by atoms with van der Waals surface area (Å²) in [7, 11) is 1.73. The van der Waals surface area contributed by atoms with Crippen molar-refractivity contribution in [1.29, 1.82) is 0 Å². The summed E-state index contributed by atoms with van der Waals surface area (Å²) in [6.45, 7) is 2.11. The zero-order valence-corrected chi connectivity index (χ0v) is 9.10. The first-order valence-corrected chi connectivity index (χ1v) is 5.23. The molecule has 1 aromatic carbocycles. The van der Waals surface area contributed by atoms with Gasteiger partial charge in [-0.1, -0.05) is 31.2 Å². The predicted molar refractivity (Wildman–Crippen MR) is 61.8 cm³/mol. The fourth-order valence-corrected chi connectivity index (χ4v) is 1.87. The number of pyridine rings is 1. The van der Waals surface area contributed by atoms with Gasteiger partial charge in [-0.2, -0.15) is 0 Å². The van der Waals surface area contributed by atoms with E-state index in [1.807, 2.05) is 24.4 Å². The lowest BCUT2D eigenvalue weighted by molar-refractivity contribution is 0.0978. The van der Waals surface area contributed by atoms with Gasteiger partial charge in [-0.05, 0) is 17.9 Å². The van der Waals surface area contributed by atoms with Gasteiger partial charge in [0.15, 0.2) is 0 Å². The maximum absolute atomic E-state index is 5.43. The second kappa shape index (κ2) is 4.41. The summed E-state index contributed by atoms with van der Waals surface area (Å²) in [6.07, 6.45) is 2.88. The first-order chi connectivity index (χ1) is 7.36. The van der Waals surface area contributed by atoms with Crippen LogP contribution < -0.4 is 0 Å². The number of rotatable bonds is 3. The van der Waals surface area contributed by atoms with Crippen LogP contribution in [0.3, 0.4) is 0 Å². The molecule has 0 aliphatic heterocycles. The van der Waals surface area contributed by atoms with E-state index >= 15 is 0 Å². The molecule has 0 aliphatic rings. The largest absolute Gasteiger partial charge is 0.375 e. The molecule has 0 N–H and O–H groups in total. The number of nitrogens with zero attached hydrogens (tertiary/aromatic N) is 1. The SMILES string of the molecule is CCC(OC)c1nccc2ccccc12. The molecular weight excluding hydrogens is 186 g/mol. The van der Waals surface area contributed by atoms with E-state index in [9.17, 15) is 0 Å². The molecule has 2 aromatic rings. The highest BCUT2D eigenvalue weighted by atomic mass is 16.5. The van der Waals surface area contributed by atoms with Crippen LogP contribution in [0.2, 0.25) is 0 Å². The fourth-order valence-electron chi connectivity index (χ4n) is 1.87. The molecule has 0 fully saturated rings. The number of methoxy groups -OCH3 is 1. The second-order valence-electron chi connectivity index (χ2n) is 3.55. The van der Waals surface area contributed by atoms with Crippen LogP contribution in [-0.4, -0.2) is 12.1 Å². The van der Waals surface area contributed by atoms with Crippen molar-refractivity contribution in [2.75, 3.05) is 7.11 Å². The molecule has 0 saturated carbocycles. The standard InChI is InChI=1S/C13H15NO/c1-3-12(15-2)13-11-7-5-4-6-10(11)8-9-14-13/h4-9,12H,3H2,1-2H3. The van der Waals surface area contributed by atoms with Crippen LogP contribution in [-0.2, 0) is 4.74 Å². The van der Waals surface area contributed by atoms with Crippen LogP contribution in [0.15, 0.2) is 36.5 Å². The van der Waals surface area contributed by atoms with Gasteiger partial charge in [-0.3, -0.25) is 4.98 Å². The van der Waals surface area contributed by atoms with Crippen LogP contribution in [0.5, 0.6) is 0 Å². The first kappa shape index (κ1) is 10.1. The number of ether oxygens (including phenoxy) is 1. The smallest absolute Gasteiger partial charge is 0.0994 e. The minimum Gasteiger partial charge on any atom is -0.375 e. The Labute approximate surface area is 89.9 Å². The molecule has 0 spiro atoms. The molecule has 2 heteroatoms. The molecule has 15 heavy (non-hydrogen) atoms. The summed E-state index contributed by atoms with van der Waals surface area (Å²) in [5, 5.41) is 2.41. The second-order valence-corrected chi connectivity index (χ2v) is 3.55. The molecular formula is C13H15NO. The average Bonchev–Trinajstić information content (AvgIpc) is 2.31. The number of benzene rings is 1. The zero-order valence-electron chi connectivity index (χ0n) is 9.10. The third-order valence-electron chi connectivity index (χ3n) is 2.66. The van der Waals surface area contributed by atoms with Crippen LogP contribution in [0.25, 0.3) is 10.8 Å². The molecule has 1 atom stereocenters. The number of aromatic nitrogens is 1. The Kier molecular flexibility index (Phi) is 2.97. The molecule has 2 nitrogen and oxygen atoms in total. The summed E-state index contributed by atoms with van der Waals surface area (Å²) in [6, 6.07) is 10.3. The Balaban J connectivity index is 2.59. The topological polar surface area (TPSA) is 22.1 Å². The molecule has 0 bridgehead atoms. The Bertz CT molecular complexity index is 444. The minimum absolute atomic E-state index is 0.0936. The quantitative estimate of drug-likeness (QED) is 0.759. The monoisotopic (exact) mass is 201 g/mol. The van der Waals surface area contributed by atoms with E-state index in [1.165, 1.54) is 10.8 Å². The van der Waals surface area contributed by atoms with E-state index in [1.54, 1.807) is 7.11 Å². The Morgan fingerprint density at radius 3 is 2.80 bits per heavy atom. The van der Waals surface area contributed by atoms with E-state index in [0.29, 0.717) is 0 Å². The number of hydrogen-bond donors (Lipinski definition) is 0. The van der Waals surface area contributed by atoms with Crippen molar-refractivity contribution in [3.05, 3.63) is 42.2 Å². The van der Waals surface area contributed by atoms with E-state index < -0.39 is 0 Å². The van der Waals surface area contributed by atoms with Crippen LogP contribution >= 0.6 is 0 Å². The lowest BCUT2D eigenvalue weighted by atomic mass is 10.1. The van der Waals surface area contributed by atoms with Crippen LogP contribution in [0.1, 0.15) is 25.1 Å². The van der Waals surface area contributed by atoms with E-state index in [4.69, 9.17) is 4.74 Å². The summed E-state index contributed by atoms with van der Waals surface area (Å²) in [4.78, 5) is 4.42. The third-order valence-corrected chi connectivity index (χ3v) is 2.66. The van der Waals surface area contributed by atoms with Gasteiger partial charge in [0.2, 0.25) is 0 Å². The highest BCUT2D eigenvalue weighted by Gasteiger charge is 2.12. The van der Waals surface area contributed by atoms with Crippen molar-refractivity contribution in [2.24, 2.45) is 0 Å². The zero-order chi connectivity index (χ0) is 10.7. The molecule has 1 heterocycles. The number of fused-ring (bicyclic) bond motifs is 1. The van der Waals surface area contributed by atoms with Gasteiger partial charge < -0.3 is 4.74 Å². The van der Waals surface area contributed by atoms with Gasteiger partial charge in [0.1, 0.15) is 0 Å². The van der Waals surface area contributed by atoms with Gasteiger partial charge >= 0.3 is 0 Å². The van der Waals surface area contributed by atoms with Gasteiger partial charge in [0, 0.05) is 18.7 Å². The summed E-state index contributed by atoms with van der Waals surface area (Å²) in [5.74, 6) is 0. The molecule has 1 aromatic heterocycles. The molecule has 1 unspecified atom stereocenters. The van der Waals surface area contributed by atoms with E-state index in [2.05, 4.69) is 24.0 Å². The molecule has 78 valence electrons. The van der Waals surface area contributed by atoms with Gasteiger partial charge in [-0.15, -0.1) is 0 Å². The van der Waals surface area contributed by atoms with Crippen LogP contribution in [0, 0.1) is 0 Å².